The van der Waals surface area contributed by atoms with Gasteiger partial charge in [-0.3, -0.25) is 14.9 Å². The van der Waals surface area contributed by atoms with Gasteiger partial charge in [0.25, 0.3) is 5.91 Å². The van der Waals surface area contributed by atoms with E-state index >= 15 is 0 Å². The standard InChI is InChI=1S/C28H26N2O5/c31-26(30-25-14-6-13-23(25)27(32)33)17-7-5-8-18(15-17)29-28(34)35-16-24-21-11-3-1-9-19(21)20-10-2-4-12-22(20)24/h1-5,7-12,15,23-25H,6,13-14,16H2,(H,29,34)(H,30,31)(H,32,33)/t23-,25+/m1/s1. The minimum Gasteiger partial charge on any atom is -0.481 e. The monoisotopic (exact) mass is 470 g/mol. The molecule has 3 aromatic carbocycles. The second-order valence-corrected chi connectivity index (χ2v) is 8.99. The first-order valence-corrected chi connectivity index (χ1v) is 11.8. The van der Waals surface area contributed by atoms with Gasteiger partial charge in [0.2, 0.25) is 0 Å². The highest BCUT2D eigenvalue weighted by molar-refractivity contribution is 5.96. The van der Waals surface area contributed by atoms with Crippen LogP contribution in [0.25, 0.3) is 11.1 Å². The normalized spacial score (nSPS) is 18.4. The molecule has 0 saturated heterocycles. The number of ether oxygens (including phenoxy) is 1. The summed E-state index contributed by atoms with van der Waals surface area (Å²) in [4.78, 5) is 36.6. The predicted octanol–water partition coefficient (Wildman–Crippen LogP) is 5.03. The van der Waals surface area contributed by atoms with Crippen LogP contribution >= 0.6 is 0 Å². The predicted molar refractivity (Wildman–Crippen MR) is 131 cm³/mol. The number of fused-ring (bicyclic) bond motifs is 3. The van der Waals surface area contributed by atoms with Crippen LogP contribution in [-0.4, -0.2) is 35.7 Å². The number of carbonyl (C=O) groups excluding carboxylic acids is 2. The maximum atomic E-state index is 12.7. The molecule has 1 saturated carbocycles. The molecule has 35 heavy (non-hydrogen) atoms. The average molecular weight is 471 g/mol. The molecular weight excluding hydrogens is 444 g/mol. The van der Waals surface area contributed by atoms with E-state index in [0.717, 1.165) is 28.7 Å². The Bertz CT molecular complexity index is 1240. The van der Waals surface area contributed by atoms with Crippen molar-refractivity contribution in [1.29, 1.82) is 0 Å². The van der Waals surface area contributed by atoms with Crippen molar-refractivity contribution in [1.82, 2.24) is 5.32 Å². The number of carboxylic acid groups (broad SMARTS) is 1. The number of carbonyl (C=O) groups is 3. The second-order valence-electron chi connectivity index (χ2n) is 8.99. The van der Waals surface area contributed by atoms with E-state index in [-0.39, 0.29) is 18.4 Å². The number of aliphatic carboxylic acids is 1. The Hall–Kier alpha value is -4.13. The topological polar surface area (TPSA) is 105 Å². The zero-order valence-electron chi connectivity index (χ0n) is 19.1. The summed E-state index contributed by atoms with van der Waals surface area (Å²) >= 11 is 0. The van der Waals surface area contributed by atoms with Crippen LogP contribution in [0.5, 0.6) is 0 Å². The van der Waals surface area contributed by atoms with Crippen LogP contribution in [0, 0.1) is 5.92 Å². The zero-order valence-corrected chi connectivity index (χ0v) is 19.1. The third kappa shape index (κ3) is 4.62. The van der Waals surface area contributed by atoms with Crippen LogP contribution in [0.2, 0.25) is 0 Å². The first-order chi connectivity index (χ1) is 17.0. The molecular formula is C28H26N2O5. The van der Waals surface area contributed by atoms with Crippen LogP contribution < -0.4 is 10.6 Å². The zero-order chi connectivity index (χ0) is 24.4. The van der Waals surface area contributed by atoms with Gasteiger partial charge in [0.15, 0.2) is 0 Å². The number of amides is 2. The van der Waals surface area contributed by atoms with Crippen molar-refractivity contribution < 1.29 is 24.2 Å². The fourth-order valence-electron chi connectivity index (χ4n) is 5.17. The molecule has 3 N–H and O–H groups in total. The lowest BCUT2D eigenvalue weighted by Crippen LogP contribution is -2.40. The third-order valence-corrected chi connectivity index (χ3v) is 6.86. The number of rotatable bonds is 6. The van der Waals surface area contributed by atoms with Gasteiger partial charge in [-0.1, -0.05) is 61.0 Å². The number of hydrogen-bond acceptors (Lipinski definition) is 4. The summed E-state index contributed by atoms with van der Waals surface area (Å²) in [5, 5.41) is 14.9. The van der Waals surface area contributed by atoms with E-state index in [0.29, 0.717) is 24.1 Å². The molecule has 7 heteroatoms. The van der Waals surface area contributed by atoms with Gasteiger partial charge >= 0.3 is 12.1 Å². The second kappa shape index (κ2) is 9.62. The third-order valence-electron chi connectivity index (χ3n) is 6.86. The van der Waals surface area contributed by atoms with Crippen molar-refractivity contribution in [2.45, 2.75) is 31.2 Å². The summed E-state index contributed by atoms with van der Waals surface area (Å²) in [6.07, 6.45) is 1.36. The highest BCUT2D eigenvalue weighted by atomic mass is 16.5. The summed E-state index contributed by atoms with van der Waals surface area (Å²) in [6, 6.07) is 22.4. The smallest absolute Gasteiger partial charge is 0.411 e. The van der Waals surface area contributed by atoms with Crippen molar-refractivity contribution in [3.63, 3.8) is 0 Å². The van der Waals surface area contributed by atoms with Crippen LogP contribution in [0.15, 0.2) is 72.8 Å². The average Bonchev–Trinajstić information content (AvgIpc) is 3.45. The minimum absolute atomic E-state index is 0.0427. The van der Waals surface area contributed by atoms with Crippen LogP contribution in [0.4, 0.5) is 10.5 Å². The summed E-state index contributed by atoms with van der Waals surface area (Å²) < 4.78 is 5.58. The molecule has 2 aliphatic carbocycles. The Labute approximate surface area is 203 Å². The number of hydrogen-bond donors (Lipinski definition) is 3. The van der Waals surface area contributed by atoms with Gasteiger partial charge < -0.3 is 15.2 Å². The Morgan fingerprint density at radius 1 is 0.886 bits per heavy atom. The summed E-state index contributed by atoms with van der Waals surface area (Å²) in [5.41, 5.74) is 5.35. The maximum Gasteiger partial charge on any atom is 0.411 e. The van der Waals surface area contributed by atoms with Gasteiger partial charge in [0.05, 0.1) is 5.92 Å². The fourth-order valence-corrected chi connectivity index (χ4v) is 5.17. The largest absolute Gasteiger partial charge is 0.481 e. The lowest BCUT2D eigenvalue weighted by molar-refractivity contribution is -0.142. The molecule has 3 aromatic rings. The number of benzene rings is 3. The van der Waals surface area contributed by atoms with Gasteiger partial charge in [-0.15, -0.1) is 0 Å². The lowest BCUT2D eigenvalue weighted by Gasteiger charge is -2.18. The van der Waals surface area contributed by atoms with Gasteiger partial charge in [-0.25, -0.2) is 4.79 Å². The van der Waals surface area contributed by atoms with Crippen molar-refractivity contribution in [2.24, 2.45) is 5.92 Å². The van der Waals surface area contributed by atoms with Gasteiger partial charge in [-0.05, 0) is 53.3 Å². The van der Waals surface area contributed by atoms with E-state index in [1.165, 1.54) is 0 Å². The molecule has 2 amide bonds. The Morgan fingerprint density at radius 2 is 1.57 bits per heavy atom. The van der Waals surface area contributed by atoms with E-state index < -0.39 is 24.0 Å². The minimum atomic E-state index is -0.890. The van der Waals surface area contributed by atoms with Crippen molar-refractivity contribution >= 4 is 23.7 Å². The highest BCUT2D eigenvalue weighted by Gasteiger charge is 2.34. The van der Waals surface area contributed by atoms with E-state index in [1.807, 2.05) is 24.3 Å². The summed E-state index contributed by atoms with van der Waals surface area (Å²) in [7, 11) is 0. The first-order valence-electron chi connectivity index (χ1n) is 11.8. The molecule has 0 radical (unpaired) electrons. The SMILES string of the molecule is O=C(Nc1cccc(C(=O)N[C@H]2CCC[C@H]2C(=O)O)c1)OCC1c2ccccc2-c2ccccc21. The molecule has 2 atom stereocenters. The number of anilines is 1. The molecule has 0 unspecified atom stereocenters. The van der Waals surface area contributed by atoms with Gasteiger partial charge in [0, 0.05) is 23.2 Å². The van der Waals surface area contributed by atoms with Crippen molar-refractivity contribution in [3.8, 4) is 11.1 Å². The number of carboxylic acids is 1. The van der Waals surface area contributed by atoms with Gasteiger partial charge in [-0.2, -0.15) is 0 Å². The first kappa shape index (κ1) is 22.7. The van der Waals surface area contributed by atoms with Crippen molar-refractivity contribution in [3.05, 3.63) is 89.5 Å². The van der Waals surface area contributed by atoms with E-state index in [2.05, 4.69) is 34.9 Å². The van der Waals surface area contributed by atoms with Crippen LogP contribution in [0.1, 0.15) is 46.7 Å². The summed E-state index contributed by atoms with van der Waals surface area (Å²) in [5.74, 6) is -1.86. The molecule has 0 heterocycles. The highest BCUT2D eigenvalue weighted by Crippen LogP contribution is 2.44. The molecule has 0 spiro atoms. The molecule has 0 aliphatic heterocycles. The fraction of sp³-hybridized carbons (Fsp3) is 0.250. The lowest BCUT2D eigenvalue weighted by atomic mass is 9.98. The quantitative estimate of drug-likeness (QED) is 0.469. The summed E-state index contributed by atoms with van der Waals surface area (Å²) in [6.45, 7) is 0.193. The Balaban J connectivity index is 1.22. The molecule has 5 rings (SSSR count). The molecule has 178 valence electrons. The Morgan fingerprint density at radius 3 is 2.26 bits per heavy atom. The van der Waals surface area contributed by atoms with E-state index in [1.54, 1.807) is 24.3 Å². The number of nitrogens with one attached hydrogen (secondary N) is 2. The Kier molecular flexibility index (Phi) is 6.23. The molecule has 0 aromatic heterocycles. The maximum absolute atomic E-state index is 12.7. The van der Waals surface area contributed by atoms with Crippen LogP contribution in [-0.2, 0) is 9.53 Å². The molecule has 1 fully saturated rings. The van der Waals surface area contributed by atoms with E-state index in [9.17, 15) is 19.5 Å². The van der Waals surface area contributed by atoms with Crippen molar-refractivity contribution in [2.75, 3.05) is 11.9 Å². The van der Waals surface area contributed by atoms with E-state index in [4.69, 9.17) is 4.74 Å². The molecule has 2 aliphatic rings. The van der Waals surface area contributed by atoms with Crippen LogP contribution in [0.3, 0.4) is 0 Å². The van der Waals surface area contributed by atoms with Gasteiger partial charge in [0.1, 0.15) is 6.61 Å². The molecule has 0 bridgehead atoms. The molecule has 7 nitrogen and oxygen atoms in total.